The molecule has 0 atom stereocenters. The van der Waals surface area contributed by atoms with Crippen molar-refractivity contribution in [1.82, 2.24) is 4.90 Å². The summed E-state index contributed by atoms with van der Waals surface area (Å²) >= 11 is 0. The molecule has 0 fully saturated rings. The fraction of sp³-hybridized carbons (Fsp3) is 0.304. The molecular formula is C23H26N2O4. The smallest absolute Gasteiger partial charge is 0.278 e. The van der Waals surface area contributed by atoms with E-state index < -0.39 is 0 Å². The third-order valence-corrected chi connectivity index (χ3v) is 4.78. The van der Waals surface area contributed by atoms with Crippen LogP contribution < -0.4 is 10.1 Å². The number of methoxy groups -OCH3 is 1. The van der Waals surface area contributed by atoms with E-state index in [1.807, 2.05) is 63.2 Å². The largest absolute Gasteiger partial charge is 0.492 e. The highest BCUT2D eigenvalue weighted by atomic mass is 16.5. The first-order chi connectivity index (χ1) is 14.0. The number of hydrogen-bond donors (Lipinski definition) is 1. The van der Waals surface area contributed by atoms with Crippen LogP contribution in [0, 0.1) is 13.8 Å². The lowest BCUT2D eigenvalue weighted by atomic mass is 9.97. The summed E-state index contributed by atoms with van der Waals surface area (Å²) in [5.41, 5.74) is 4.04. The number of carbonyl (C=O) groups excluding carboxylic acids is 2. The number of ether oxygens (including phenoxy) is 2. The van der Waals surface area contributed by atoms with Gasteiger partial charge in [0.1, 0.15) is 11.4 Å². The Kier molecular flexibility index (Phi) is 6.34. The molecule has 1 N–H and O–H groups in total. The van der Waals surface area contributed by atoms with Crippen LogP contribution in [0.25, 0.3) is 5.57 Å². The first-order valence-corrected chi connectivity index (χ1v) is 9.63. The molecule has 2 aromatic carbocycles. The van der Waals surface area contributed by atoms with Crippen LogP contribution in [0.1, 0.15) is 23.6 Å². The van der Waals surface area contributed by atoms with Gasteiger partial charge in [-0.1, -0.05) is 35.9 Å². The van der Waals surface area contributed by atoms with Gasteiger partial charge in [-0.15, -0.1) is 0 Å². The SMILES string of the molecule is CCOc1ccccc1NC1=C(c2ccc(C)cc2C)C(=O)N(CCOC)C1=O. The summed E-state index contributed by atoms with van der Waals surface area (Å²) in [7, 11) is 1.54. The summed E-state index contributed by atoms with van der Waals surface area (Å²) in [6, 6.07) is 13.2. The summed E-state index contributed by atoms with van der Waals surface area (Å²) in [6.45, 7) is 6.80. The number of nitrogens with one attached hydrogen (secondary N) is 1. The van der Waals surface area contributed by atoms with Crippen molar-refractivity contribution in [3.63, 3.8) is 0 Å². The predicted octanol–water partition coefficient (Wildman–Crippen LogP) is 3.54. The number of hydrogen-bond acceptors (Lipinski definition) is 5. The summed E-state index contributed by atoms with van der Waals surface area (Å²) in [5.74, 6) is -0.0678. The Bertz CT molecular complexity index is 965. The van der Waals surface area contributed by atoms with Crippen LogP contribution in [0.15, 0.2) is 48.2 Å². The Hall–Kier alpha value is -3.12. The Morgan fingerprint density at radius 3 is 2.48 bits per heavy atom. The standard InChI is InChI=1S/C23H26N2O4/c1-5-29-19-9-7-6-8-18(19)24-21-20(17-11-10-15(2)14-16(17)3)22(26)25(23(21)27)12-13-28-4/h6-11,14,24H,5,12-13H2,1-4H3. The van der Waals surface area contributed by atoms with Crippen LogP contribution in [-0.2, 0) is 14.3 Å². The monoisotopic (exact) mass is 394 g/mol. The zero-order chi connectivity index (χ0) is 21.0. The molecule has 0 bridgehead atoms. The minimum absolute atomic E-state index is 0.195. The molecule has 29 heavy (non-hydrogen) atoms. The number of nitrogens with zero attached hydrogens (tertiary/aromatic N) is 1. The van der Waals surface area contributed by atoms with Gasteiger partial charge in [0.25, 0.3) is 11.8 Å². The van der Waals surface area contributed by atoms with Crippen molar-refractivity contribution in [1.29, 1.82) is 0 Å². The molecule has 1 heterocycles. The highest BCUT2D eigenvalue weighted by Crippen LogP contribution is 2.34. The predicted molar refractivity (Wildman–Crippen MR) is 113 cm³/mol. The number of carbonyl (C=O) groups is 2. The van der Waals surface area contributed by atoms with Crippen molar-refractivity contribution in [3.8, 4) is 5.75 Å². The van der Waals surface area contributed by atoms with Crippen LogP contribution in [0.5, 0.6) is 5.75 Å². The Morgan fingerprint density at radius 1 is 1.03 bits per heavy atom. The molecule has 1 aliphatic heterocycles. The van der Waals surface area contributed by atoms with Crippen molar-refractivity contribution in [3.05, 3.63) is 64.9 Å². The van der Waals surface area contributed by atoms with E-state index in [0.717, 1.165) is 16.7 Å². The highest BCUT2D eigenvalue weighted by molar-refractivity contribution is 6.36. The van der Waals surface area contributed by atoms with E-state index in [4.69, 9.17) is 9.47 Å². The van der Waals surface area contributed by atoms with Gasteiger partial charge < -0.3 is 14.8 Å². The van der Waals surface area contributed by atoms with Gasteiger partial charge in [0.15, 0.2) is 0 Å². The van der Waals surface area contributed by atoms with Crippen LogP contribution in [-0.4, -0.2) is 43.6 Å². The summed E-state index contributed by atoms with van der Waals surface area (Å²) in [4.78, 5) is 27.6. The van der Waals surface area contributed by atoms with Crippen molar-refractivity contribution in [2.24, 2.45) is 0 Å². The molecule has 6 nitrogen and oxygen atoms in total. The van der Waals surface area contributed by atoms with E-state index in [1.165, 1.54) is 4.90 Å². The van der Waals surface area contributed by atoms with Gasteiger partial charge in [-0.2, -0.15) is 0 Å². The number of benzene rings is 2. The van der Waals surface area contributed by atoms with Crippen molar-refractivity contribution >= 4 is 23.1 Å². The number of imide groups is 1. The topological polar surface area (TPSA) is 67.9 Å². The van der Waals surface area contributed by atoms with E-state index in [9.17, 15) is 9.59 Å². The van der Waals surface area contributed by atoms with E-state index in [0.29, 0.717) is 23.6 Å². The van der Waals surface area contributed by atoms with Gasteiger partial charge in [0.05, 0.1) is 31.0 Å². The average Bonchev–Trinajstić information content (AvgIpc) is 2.92. The summed E-state index contributed by atoms with van der Waals surface area (Å²) in [6.07, 6.45) is 0. The number of anilines is 1. The Labute approximate surface area is 171 Å². The minimum Gasteiger partial charge on any atom is -0.492 e. The van der Waals surface area contributed by atoms with E-state index in [1.54, 1.807) is 7.11 Å². The van der Waals surface area contributed by atoms with Gasteiger partial charge in [0, 0.05) is 7.11 Å². The molecular weight excluding hydrogens is 368 g/mol. The first-order valence-electron chi connectivity index (χ1n) is 9.63. The third-order valence-electron chi connectivity index (χ3n) is 4.78. The maximum Gasteiger partial charge on any atom is 0.278 e. The number of rotatable bonds is 8. The van der Waals surface area contributed by atoms with Crippen LogP contribution in [0.3, 0.4) is 0 Å². The van der Waals surface area contributed by atoms with E-state index in [2.05, 4.69) is 5.32 Å². The quantitative estimate of drug-likeness (QED) is 0.694. The molecule has 3 rings (SSSR count). The van der Waals surface area contributed by atoms with Crippen molar-refractivity contribution in [2.75, 3.05) is 32.2 Å². The molecule has 2 aromatic rings. The first kappa shape index (κ1) is 20.6. The lowest BCUT2D eigenvalue weighted by molar-refractivity contribution is -0.137. The van der Waals surface area contributed by atoms with Crippen LogP contribution in [0.2, 0.25) is 0 Å². The molecule has 0 spiro atoms. The minimum atomic E-state index is -0.367. The van der Waals surface area contributed by atoms with Crippen molar-refractivity contribution in [2.45, 2.75) is 20.8 Å². The molecule has 152 valence electrons. The molecule has 0 saturated heterocycles. The average molecular weight is 394 g/mol. The van der Waals surface area contributed by atoms with Crippen LogP contribution in [0.4, 0.5) is 5.69 Å². The Balaban J connectivity index is 2.10. The molecule has 1 aliphatic rings. The maximum absolute atomic E-state index is 13.2. The molecule has 0 saturated carbocycles. The fourth-order valence-electron chi connectivity index (χ4n) is 3.41. The number of para-hydroxylation sites is 2. The molecule has 0 radical (unpaired) electrons. The zero-order valence-corrected chi connectivity index (χ0v) is 17.2. The maximum atomic E-state index is 13.2. The lowest BCUT2D eigenvalue weighted by Crippen LogP contribution is -2.35. The molecule has 0 unspecified atom stereocenters. The van der Waals surface area contributed by atoms with E-state index in [-0.39, 0.29) is 30.7 Å². The fourth-order valence-corrected chi connectivity index (χ4v) is 3.41. The normalized spacial score (nSPS) is 14.0. The van der Waals surface area contributed by atoms with Gasteiger partial charge >= 0.3 is 0 Å². The summed E-state index contributed by atoms with van der Waals surface area (Å²) < 4.78 is 10.7. The van der Waals surface area contributed by atoms with Gasteiger partial charge in [-0.3, -0.25) is 14.5 Å². The second kappa shape index (κ2) is 8.92. The molecule has 0 aromatic heterocycles. The zero-order valence-electron chi connectivity index (χ0n) is 17.2. The van der Waals surface area contributed by atoms with Crippen LogP contribution >= 0.6 is 0 Å². The third kappa shape index (κ3) is 4.17. The lowest BCUT2D eigenvalue weighted by Gasteiger charge is -2.15. The second-order valence-electron chi connectivity index (χ2n) is 6.88. The number of aryl methyl sites for hydroxylation is 2. The van der Waals surface area contributed by atoms with E-state index >= 15 is 0 Å². The molecule has 0 aliphatic carbocycles. The van der Waals surface area contributed by atoms with Gasteiger partial charge in [-0.25, -0.2) is 0 Å². The van der Waals surface area contributed by atoms with Gasteiger partial charge in [0.2, 0.25) is 0 Å². The van der Waals surface area contributed by atoms with Crippen molar-refractivity contribution < 1.29 is 19.1 Å². The highest BCUT2D eigenvalue weighted by Gasteiger charge is 2.39. The molecule has 6 heteroatoms. The Morgan fingerprint density at radius 2 is 1.79 bits per heavy atom. The number of amides is 2. The second-order valence-corrected chi connectivity index (χ2v) is 6.88. The summed E-state index contributed by atoms with van der Waals surface area (Å²) in [5, 5.41) is 3.17. The van der Waals surface area contributed by atoms with Gasteiger partial charge in [-0.05, 0) is 44.0 Å². The molecule has 2 amide bonds.